The van der Waals surface area contributed by atoms with Gasteiger partial charge in [-0.1, -0.05) is 18.2 Å². The topological polar surface area (TPSA) is 77.5 Å². The predicted molar refractivity (Wildman–Crippen MR) is 79.9 cm³/mol. The normalized spacial score (nSPS) is 11.4. The number of benzene rings is 1. The van der Waals surface area contributed by atoms with Crippen molar-refractivity contribution in [1.82, 2.24) is 9.78 Å². The van der Waals surface area contributed by atoms with E-state index in [1.165, 1.54) is 0 Å². The Morgan fingerprint density at radius 1 is 1.40 bits per heavy atom. The Kier molecular flexibility index (Phi) is 4.24. The zero-order valence-electron chi connectivity index (χ0n) is 11.9. The largest absolute Gasteiger partial charge is 0.481 e. The Balaban J connectivity index is 2.09. The van der Waals surface area contributed by atoms with Crippen molar-refractivity contribution in [3.8, 4) is 5.88 Å². The van der Waals surface area contributed by atoms with E-state index < -0.39 is 0 Å². The average Bonchev–Trinajstić information content (AvgIpc) is 2.71. The number of guanidine groups is 1. The molecule has 0 spiro atoms. The van der Waals surface area contributed by atoms with Crippen LogP contribution in [0.15, 0.2) is 35.3 Å². The van der Waals surface area contributed by atoms with Crippen LogP contribution < -0.4 is 15.8 Å². The summed E-state index contributed by atoms with van der Waals surface area (Å²) in [6.07, 6.45) is 0. The van der Waals surface area contributed by atoms with Gasteiger partial charge in [-0.25, -0.2) is 9.67 Å². The Hall–Kier alpha value is -2.50. The third kappa shape index (κ3) is 3.09. The molecule has 20 heavy (non-hydrogen) atoms. The lowest BCUT2D eigenvalue weighted by atomic mass is 10.2. The molecule has 0 amide bonds. The molecule has 1 aromatic heterocycles. The van der Waals surface area contributed by atoms with E-state index in [1.807, 2.05) is 44.3 Å². The Labute approximate surface area is 118 Å². The van der Waals surface area contributed by atoms with Gasteiger partial charge in [-0.2, -0.15) is 5.10 Å². The van der Waals surface area contributed by atoms with Crippen molar-refractivity contribution in [2.75, 3.05) is 12.4 Å². The molecule has 0 atom stereocenters. The van der Waals surface area contributed by atoms with Gasteiger partial charge in [0.15, 0.2) is 5.96 Å². The molecule has 6 heteroatoms. The van der Waals surface area contributed by atoms with Crippen LogP contribution in [-0.2, 0) is 13.6 Å². The summed E-state index contributed by atoms with van der Waals surface area (Å²) in [4.78, 5) is 4.32. The zero-order chi connectivity index (χ0) is 14.5. The first-order valence-corrected chi connectivity index (χ1v) is 6.30. The van der Waals surface area contributed by atoms with Gasteiger partial charge in [0.25, 0.3) is 0 Å². The minimum Gasteiger partial charge on any atom is -0.481 e. The average molecular weight is 273 g/mol. The highest BCUT2D eigenvalue weighted by atomic mass is 16.5. The quantitative estimate of drug-likeness (QED) is 0.656. The molecule has 0 bridgehead atoms. The molecule has 0 aliphatic rings. The maximum atomic E-state index is 5.87. The molecule has 0 fully saturated rings. The molecule has 6 nitrogen and oxygen atoms in total. The second-order valence-electron chi connectivity index (χ2n) is 4.39. The van der Waals surface area contributed by atoms with E-state index in [-0.39, 0.29) is 0 Å². The van der Waals surface area contributed by atoms with Crippen LogP contribution in [0.3, 0.4) is 0 Å². The lowest BCUT2D eigenvalue weighted by molar-refractivity contribution is 0.369. The van der Waals surface area contributed by atoms with Crippen molar-refractivity contribution < 1.29 is 4.74 Å². The van der Waals surface area contributed by atoms with Gasteiger partial charge in [0, 0.05) is 12.7 Å². The molecule has 0 saturated heterocycles. The van der Waals surface area contributed by atoms with E-state index in [9.17, 15) is 0 Å². The molecule has 0 radical (unpaired) electrons. The van der Waals surface area contributed by atoms with Crippen LogP contribution in [0, 0.1) is 6.92 Å². The standard InChI is InChI=1S/C14H19N5O/c1-10-12(13(20-3)19(2)18-10)9-16-14(15)17-11-7-5-4-6-8-11/h4-8H,9H2,1-3H3,(H3,15,16,17). The summed E-state index contributed by atoms with van der Waals surface area (Å²) in [7, 11) is 3.46. The number of hydrogen-bond acceptors (Lipinski definition) is 3. The van der Waals surface area contributed by atoms with Crippen molar-refractivity contribution in [3.05, 3.63) is 41.6 Å². The number of aryl methyl sites for hydroxylation is 2. The number of anilines is 1. The summed E-state index contributed by atoms with van der Waals surface area (Å²) in [5, 5.41) is 7.34. The summed E-state index contributed by atoms with van der Waals surface area (Å²) in [5.74, 6) is 1.07. The van der Waals surface area contributed by atoms with E-state index in [4.69, 9.17) is 10.5 Å². The predicted octanol–water partition coefficient (Wildman–Crippen LogP) is 1.66. The van der Waals surface area contributed by atoms with Gasteiger partial charge in [-0.3, -0.25) is 0 Å². The number of para-hydroxylation sites is 1. The minimum atomic E-state index is 0.363. The fourth-order valence-electron chi connectivity index (χ4n) is 1.99. The Morgan fingerprint density at radius 3 is 2.75 bits per heavy atom. The molecule has 2 rings (SSSR count). The van der Waals surface area contributed by atoms with Gasteiger partial charge < -0.3 is 15.8 Å². The first-order valence-electron chi connectivity index (χ1n) is 6.30. The highest BCUT2D eigenvalue weighted by molar-refractivity contribution is 5.92. The SMILES string of the molecule is COc1c(CN=C(N)Nc2ccccc2)c(C)nn1C. The lowest BCUT2D eigenvalue weighted by Crippen LogP contribution is -2.22. The molecular formula is C14H19N5O. The van der Waals surface area contributed by atoms with Crippen molar-refractivity contribution in [1.29, 1.82) is 0 Å². The van der Waals surface area contributed by atoms with E-state index in [0.29, 0.717) is 18.4 Å². The van der Waals surface area contributed by atoms with E-state index in [0.717, 1.165) is 16.9 Å². The van der Waals surface area contributed by atoms with Gasteiger partial charge in [-0.15, -0.1) is 0 Å². The van der Waals surface area contributed by atoms with Gasteiger partial charge in [0.05, 0.1) is 24.9 Å². The fraction of sp³-hybridized carbons (Fsp3) is 0.286. The van der Waals surface area contributed by atoms with Gasteiger partial charge in [0.1, 0.15) is 0 Å². The van der Waals surface area contributed by atoms with Crippen LogP contribution in [0.5, 0.6) is 5.88 Å². The van der Waals surface area contributed by atoms with E-state index >= 15 is 0 Å². The third-order valence-corrected chi connectivity index (χ3v) is 2.94. The first kappa shape index (κ1) is 13.9. The van der Waals surface area contributed by atoms with Crippen LogP contribution in [0.2, 0.25) is 0 Å². The van der Waals surface area contributed by atoms with Crippen molar-refractivity contribution in [3.63, 3.8) is 0 Å². The molecule has 0 aliphatic carbocycles. The van der Waals surface area contributed by atoms with Crippen LogP contribution in [0.1, 0.15) is 11.3 Å². The molecule has 3 N–H and O–H groups in total. The monoisotopic (exact) mass is 273 g/mol. The number of nitrogens with one attached hydrogen (secondary N) is 1. The summed E-state index contributed by atoms with van der Waals surface area (Å²) in [6, 6.07) is 9.67. The summed E-state index contributed by atoms with van der Waals surface area (Å²) in [5.41, 5.74) is 8.61. The van der Waals surface area contributed by atoms with Crippen molar-refractivity contribution in [2.24, 2.45) is 17.8 Å². The van der Waals surface area contributed by atoms with Crippen LogP contribution in [0.25, 0.3) is 0 Å². The van der Waals surface area contributed by atoms with Crippen molar-refractivity contribution >= 4 is 11.6 Å². The van der Waals surface area contributed by atoms with Gasteiger partial charge in [-0.05, 0) is 19.1 Å². The fourth-order valence-corrected chi connectivity index (χ4v) is 1.99. The van der Waals surface area contributed by atoms with Crippen LogP contribution >= 0.6 is 0 Å². The molecule has 1 aromatic carbocycles. The third-order valence-electron chi connectivity index (χ3n) is 2.94. The number of nitrogens with two attached hydrogens (primary N) is 1. The molecule has 0 saturated carbocycles. The van der Waals surface area contributed by atoms with Crippen LogP contribution in [-0.4, -0.2) is 22.8 Å². The highest BCUT2D eigenvalue weighted by Crippen LogP contribution is 2.21. The number of hydrogen-bond donors (Lipinski definition) is 2. The molecule has 0 aliphatic heterocycles. The van der Waals surface area contributed by atoms with Gasteiger partial charge in [0.2, 0.25) is 5.88 Å². The number of ether oxygens (including phenoxy) is 1. The summed E-state index contributed by atoms with van der Waals surface area (Å²) in [6.45, 7) is 2.35. The second-order valence-corrected chi connectivity index (χ2v) is 4.39. The van der Waals surface area contributed by atoms with E-state index in [1.54, 1.807) is 11.8 Å². The number of methoxy groups -OCH3 is 1. The smallest absolute Gasteiger partial charge is 0.216 e. The Morgan fingerprint density at radius 2 is 2.10 bits per heavy atom. The Bertz CT molecular complexity index is 604. The summed E-state index contributed by atoms with van der Waals surface area (Å²) >= 11 is 0. The van der Waals surface area contributed by atoms with Crippen LogP contribution in [0.4, 0.5) is 5.69 Å². The molecule has 2 aromatic rings. The number of aliphatic imine (C=N–C) groups is 1. The summed E-state index contributed by atoms with van der Waals surface area (Å²) < 4.78 is 7.01. The molecule has 0 unspecified atom stereocenters. The van der Waals surface area contributed by atoms with Gasteiger partial charge >= 0.3 is 0 Å². The van der Waals surface area contributed by atoms with Crippen molar-refractivity contribution in [2.45, 2.75) is 13.5 Å². The zero-order valence-corrected chi connectivity index (χ0v) is 11.9. The first-order chi connectivity index (χ1) is 9.61. The number of aromatic nitrogens is 2. The molecule has 106 valence electrons. The maximum absolute atomic E-state index is 5.87. The highest BCUT2D eigenvalue weighted by Gasteiger charge is 2.13. The second kappa shape index (κ2) is 6.10. The lowest BCUT2D eigenvalue weighted by Gasteiger charge is -2.06. The molecular weight excluding hydrogens is 254 g/mol. The molecule has 1 heterocycles. The number of rotatable bonds is 4. The maximum Gasteiger partial charge on any atom is 0.216 e. The number of nitrogens with zero attached hydrogens (tertiary/aromatic N) is 3. The minimum absolute atomic E-state index is 0.363. The van der Waals surface area contributed by atoms with E-state index in [2.05, 4.69) is 15.4 Å².